The van der Waals surface area contributed by atoms with Crippen LogP contribution in [-0.2, 0) is 6.42 Å². The molecule has 1 aromatic rings. The van der Waals surface area contributed by atoms with Crippen LogP contribution in [0.5, 0.6) is 0 Å². The monoisotopic (exact) mass is 310 g/mol. The summed E-state index contributed by atoms with van der Waals surface area (Å²) in [6.07, 6.45) is 6.24. The summed E-state index contributed by atoms with van der Waals surface area (Å²) < 4.78 is 0. The van der Waals surface area contributed by atoms with E-state index in [1.807, 2.05) is 0 Å². The summed E-state index contributed by atoms with van der Waals surface area (Å²) in [5.74, 6) is 0. The largest absolute Gasteiger partial charge is 0.0839 e. The lowest BCUT2D eigenvalue weighted by atomic mass is 9.89. The van der Waals surface area contributed by atoms with Crippen molar-refractivity contribution in [3.05, 3.63) is 35.4 Å². The number of hydrogen-bond acceptors (Lipinski definition) is 0. The van der Waals surface area contributed by atoms with E-state index in [9.17, 15) is 0 Å². The molecule has 0 saturated carbocycles. The minimum atomic E-state index is 0.424. The number of benzene rings is 1. The maximum Gasteiger partial charge on any atom is 0.0395 e. The predicted molar refractivity (Wildman–Crippen MR) is 85.4 cm³/mol. The van der Waals surface area contributed by atoms with E-state index >= 15 is 0 Å². The van der Waals surface area contributed by atoms with Crippen LogP contribution in [0.2, 0.25) is 0 Å². The molecule has 1 atom stereocenters. The van der Waals surface area contributed by atoms with Crippen molar-refractivity contribution < 1.29 is 0 Å². The topological polar surface area (TPSA) is 0 Å². The van der Waals surface area contributed by atoms with E-state index in [1.54, 1.807) is 0 Å². The van der Waals surface area contributed by atoms with Crippen LogP contribution in [0.15, 0.2) is 24.3 Å². The molecule has 0 fully saturated rings. The van der Waals surface area contributed by atoms with Gasteiger partial charge in [-0.3, -0.25) is 0 Å². The Morgan fingerprint density at radius 3 is 2.22 bits per heavy atom. The zero-order valence-corrected chi connectivity index (χ0v) is 13.9. The van der Waals surface area contributed by atoms with Crippen LogP contribution in [0.25, 0.3) is 0 Å². The fourth-order valence-corrected chi connectivity index (χ4v) is 2.53. The van der Waals surface area contributed by atoms with E-state index in [0.717, 1.165) is 0 Å². The van der Waals surface area contributed by atoms with Crippen molar-refractivity contribution in [2.75, 3.05) is 0 Å². The average Bonchev–Trinajstić information content (AvgIpc) is 2.33. The predicted octanol–water partition coefficient (Wildman–Crippen LogP) is 6.29. The lowest BCUT2D eigenvalue weighted by molar-refractivity contribution is 0.365. The van der Waals surface area contributed by atoms with Crippen molar-refractivity contribution in [2.24, 2.45) is 5.41 Å². The molecule has 0 radical (unpaired) electrons. The second kappa shape index (κ2) is 7.33. The Bertz CT molecular complexity index is 332. The molecule has 0 spiro atoms. The van der Waals surface area contributed by atoms with Crippen molar-refractivity contribution in [2.45, 2.75) is 64.6 Å². The molecule has 1 aromatic carbocycles. The third kappa shape index (κ3) is 6.04. The van der Waals surface area contributed by atoms with Crippen molar-refractivity contribution in [3.8, 4) is 0 Å². The SMILES string of the molecule is CCCCc1ccc(C(Br)CCC(C)(C)C)cc1. The molecule has 0 amide bonds. The molecule has 0 aliphatic heterocycles. The Labute approximate surface area is 121 Å². The normalized spacial score (nSPS) is 13.6. The van der Waals surface area contributed by atoms with Crippen molar-refractivity contribution in [3.63, 3.8) is 0 Å². The van der Waals surface area contributed by atoms with Gasteiger partial charge in [-0.25, -0.2) is 0 Å². The molecule has 0 N–H and O–H groups in total. The smallest absolute Gasteiger partial charge is 0.0395 e. The molecule has 0 aliphatic rings. The molecule has 0 heterocycles. The maximum absolute atomic E-state index is 3.82. The fraction of sp³-hybridized carbons (Fsp3) is 0.647. The Morgan fingerprint density at radius 2 is 1.72 bits per heavy atom. The highest BCUT2D eigenvalue weighted by atomic mass is 79.9. The van der Waals surface area contributed by atoms with Gasteiger partial charge in [-0.2, -0.15) is 0 Å². The summed E-state index contributed by atoms with van der Waals surface area (Å²) in [4.78, 5) is 0.497. The van der Waals surface area contributed by atoms with Gasteiger partial charge in [-0.1, -0.05) is 74.3 Å². The Hall–Kier alpha value is -0.300. The minimum absolute atomic E-state index is 0.424. The van der Waals surface area contributed by atoms with Crippen LogP contribution >= 0.6 is 15.9 Å². The van der Waals surface area contributed by atoms with Crippen LogP contribution < -0.4 is 0 Å². The second-order valence-electron chi connectivity index (χ2n) is 6.41. The van der Waals surface area contributed by atoms with E-state index in [1.165, 1.54) is 43.2 Å². The van der Waals surface area contributed by atoms with Crippen LogP contribution in [-0.4, -0.2) is 0 Å². The Balaban J connectivity index is 2.51. The van der Waals surface area contributed by atoms with Gasteiger partial charge in [0.05, 0.1) is 0 Å². The molecule has 1 rings (SSSR count). The van der Waals surface area contributed by atoms with Gasteiger partial charge in [0.2, 0.25) is 0 Å². The van der Waals surface area contributed by atoms with E-state index in [2.05, 4.69) is 67.9 Å². The number of hydrogen-bond donors (Lipinski definition) is 0. The molecule has 0 nitrogen and oxygen atoms in total. The first-order valence-corrected chi connectivity index (χ1v) is 8.07. The Kier molecular flexibility index (Phi) is 6.42. The van der Waals surface area contributed by atoms with Gasteiger partial charge in [0.25, 0.3) is 0 Å². The van der Waals surface area contributed by atoms with E-state index in [0.29, 0.717) is 10.2 Å². The number of unbranched alkanes of at least 4 members (excludes halogenated alkanes) is 1. The average molecular weight is 311 g/mol. The van der Waals surface area contributed by atoms with Crippen LogP contribution in [0.4, 0.5) is 0 Å². The van der Waals surface area contributed by atoms with E-state index in [-0.39, 0.29) is 0 Å². The molecule has 102 valence electrons. The third-order valence-electron chi connectivity index (χ3n) is 3.31. The maximum atomic E-state index is 3.82. The molecule has 0 bridgehead atoms. The second-order valence-corrected chi connectivity index (χ2v) is 7.52. The van der Waals surface area contributed by atoms with Crippen LogP contribution in [0.3, 0.4) is 0 Å². The van der Waals surface area contributed by atoms with Crippen LogP contribution in [0, 0.1) is 5.41 Å². The lowest BCUT2D eigenvalue weighted by Crippen LogP contribution is -2.06. The summed E-state index contributed by atoms with van der Waals surface area (Å²) >= 11 is 3.82. The van der Waals surface area contributed by atoms with Gasteiger partial charge in [0, 0.05) is 4.83 Å². The summed E-state index contributed by atoms with van der Waals surface area (Å²) in [6.45, 7) is 9.16. The first kappa shape index (κ1) is 15.8. The van der Waals surface area contributed by atoms with E-state index in [4.69, 9.17) is 0 Å². The van der Waals surface area contributed by atoms with Crippen molar-refractivity contribution in [1.82, 2.24) is 0 Å². The van der Waals surface area contributed by atoms with Crippen LogP contribution in [0.1, 0.15) is 69.3 Å². The molecule has 0 aromatic heterocycles. The summed E-state index contributed by atoms with van der Waals surface area (Å²) in [5.41, 5.74) is 3.31. The van der Waals surface area contributed by atoms with Gasteiger partial charge in [0.1, 0.15) is 0 Å². The molecule has 1 unspecified atom stereocenters. The highest BCUT2D eigenvalue weighted by molar-refractivity contribution is 9.09. The third-order valence-corrected chi connectivity index (χ3v) is 4.29. The number of halogens is 1. The fourth-order valence-electron chi connectivity index (χ4n) is 2.00. The molecule has 1 heteroatoms. The zero-order valence-electron chi connectivity index (χ0n) is 12.3. The van der Waals surface area contributed by atoms with Gasteiger partial charge in [-0.15, -0.1) is 0 Å². The summed E-state index contributed by atoms with van der Waals surface area (Å²) in [5, 5.41) is 0. The van der Waals surface area contributed by atoms with Gasteiger partial charge in [-0.05, 0) is 42.2 Å². The zero-order chi connectivity index (χ0) is 13.6. The number of aryl methyl sites for hydroxylation is 1. The molecular formula is C17H27Br. The highest BCUT2D eigenvalue weighted by Crippen LogP contribution is 2.33. The summed E-state index contributed by atoms with van der Waals surface area (Å²) in [7, 11) is 0. The van der Waals surface area contributed by atoms with E-state index < -0.39 is 0 Å². The quantitative estimate of drug-likeness (QED) is 0.541. The van der Waals surface area contributed by atoms with Gasteiger partial charge < -0.3 is 0 Å². The Morgan fingerprint density at radius 1 is 1.11 bits per heavy atom. The van der Waals surface area contributed by atoms with Crippen molar-refractivity contribution >= 4 is 15.9 Å². The van der Waals surface area contributed by atoms with Crippen molar-refractivity contribution in [1.29, 1.82) is 0 Å². The highest BCUT2D eigenvalue weighted by Gasteiger charge is 2.14. The molecule has 0 saturated heterocycles. The van der Waals surface area contributed by atoms with Gasteiger partial charge >= 0.3 is 0 Å². The first-order valence-electron chi connectivity index (χ1n) is 7.15. The molecular weight excluding hydrogens is 284 g/mol. The number of alkyl halides is 1. The van der Waals surface area contributed by atoms with Gasteiger partial charge in [0.15, 0.2) is 0 Å². The number of rotatable bonds is 6. The molecule has 18 heavy (non-hydrogen) atoms. The minimum Gasteiger partial charge on any atom is -0.0839 e. The standard InChI is InChI=1S/C17H27Br/c1-5-6-7-14-8-10-15(11-9-14)16(18)12-13-17(2,3)4/h8-11,16H,5-7,12-13H2,1-4H3. The first-order chi connectivity index (χ1) is 8.42. The molecule has 0 aliphatic carbocycles. The lowest BCUT2D eigenvalue weighted by Gasteiger charge is -2.20. The summed E-state index contributed by atoms with van der Waals surface area (Å²) in [6, 6.07) is 9.15.